The summed E-state index contributed by atoms with van der Waals surface area (Å²) >= 11 is 3.52. The third-order valence-electron chi connectivity index (χ3n) is 3.65. The molecule has 0 aromatic heterocycles. The van der Waals surface area contributed by atoms with Gasteiger partial charge in [0.15, 0.2) is 5.78 Å². The van der Waals surface area contributed by atoms with E-state index in [-0.39, 0.29) is 5.78 Å². The average molecular weight is 341 g/mol. The van der Waals surface area contributed by atoms with Crippen molar-refractivity contribution < 1.29 is 9.53 Å². The van der Waals surface area contributed by atoms with Crippen LogP contribution in [0.5, 0.6) is 5.75 Å². The maximum Gasteiger partial charge on any atom is 0.166 e. The average Bonchev–Trinajstić information content (AvgIpc) is 2.42. The molecule has 0 spiro atoms. The molecule has 0 saturated carbocycles. The Balaban J connectivity index is 2.81. The minimum absolute atomic E-state index is 0.195. The number of unbranched alkanes of at least 4 members (excludes halogenated alkanes) is 4. The predicted molar refractivity (Wildman–Crippen MR) is 87.9 cm³/mol. The Morgan fingerprint density at radius 3 is 2.45 bits per heavy atom. The van der Waals surface area contributed by atoms with Gasteiger partial charge in [0, 0.05) is 10.9 Å². The molecule has 0 fully saturated rings. The summed E-state index contributed by atoms with van der Waals surface area (Å²) in [5, 5.41) is 0. The van der Waals surface area contributed by atoms with Crippen LogP contribution in [0.4, 0.5) is 0 Å². The number of Topliss-reactive ketones (excluding diaryl/α,β-unsaturated/α-hetero) is 1. The fourth-order valence-corrected chi connectivity index (χ4v) is 3.01. The van der Waals surface area contributed by atoms with Gasteiger partial charge in [-0.15, -0.1) is 0 Å². The zero-order chi connectivity index (χ0) is 15.1. The first-order valence-electron chi connectivity index (χ1n) is 7.39. The summed E-state index contributed by atoms with van der Waals surface area (Å²) in [5.74, 6) is 0.921. The van der Waals surface area contributed by atoms with Gasteiger partial charge < -0.3 is 4.74 Å². The van der Waals surface area contributed by atoms with E-state index in [1.807, 2.05) is 19.9 Å². The minimum atomic E-state index is 0.195. The molecule has 0 aliphatic carbocycles. The van der Waals surface area contributed by atoms with Crippen molar-refractivity contribution in [3.63, 3.8) is 0 Å². The second-order valence-electron chi connectivity index (χ2n) is 5.30. The summed E-state index contributed by atoms with van der Waals surface area (Å²) in [6, 6.07) is 2.01. The fraction of sp³-hybridized carbons (Fsp3) is 0.588. The van der Waals surface area contributed by atoms with Gasteiger partial charge in [-0.3, -0.25) is 4.79 Å². The summed E-state index contributed by atoms with van der Waals surface area (Å²) in [6.07, 6.45) is 6.41. The van der Waals surface area contributed by atoms with Gasteiger partial charge in [0.1, 0.15) is 5.75 Å². The number of ether oxygens (including phenoxy) is 1. The van der Waals surface area contributed by atoms with Crippen molar-refractivity contribution in [2.75, 3.05) is 7.11 Å². The van der Waals surface area contributed by atoms with Crippen LogP contribution in [0.2, 0.25) is 0 Å². The molecule has 0 atom stereocenters. The predicted octanol–water partition coefficient (Wildman–Crippen LogP) is 5.62. The van der Waals surface area contributed by atoms with Crippen LogP contribution < -0.4 is 4.74 Å². The number of methoxy groups -OCH3 is 1. The lowest BCUT2D eigenvalue weighted by atomic mass is 9.96. The van der Waals surface area contributed by atoms with E-state index in [1.54, 1.807) is 7.11 Å². The van der Waals surface area contributed by atoms with Gasteiger partial charge in [-0.25, -0.2) is 0 Å². The molecule has 0 aliphatic heterocycles. The molecule has 1 aromatic rings. The van der Waals surface area contributed by atoms with Crippen LogP contribution in [0.1, 0.15) is 66.9 Å². The van der Waals surface area contributed by atoms with Crippen molar-refractivity contribution in [1.29, 1.82) is 0 Å². The van der Waals surface area contributed by atoms with Crippen molar-refractivity contribution >= 4 is 21.7 Å². The zero-order valence-electron chi connectivity index (χ0n) is 13.0. The van der Waals surface area contributed by atoms with Gasteiger partial charge >= 0.3 is 0 Å². The molecule has 0 N–H and O–H groups in total. The smallest absolute Gasteiger partial charge is 0.166 e. The van der Waals surface area contributed by atoms with Gasteiger partial charge in [0.05, 0.1) is 12.7 Å². The molecule has 0 heterocycles. The molecule has 112 valence electrons. The van der Waals surface area contributed by atoms with E-state index in [2.05, 4.69) is 22.9 Å². The summed E-state index contributed by atoms with van der Waals surface area (Å²) < 4.78 is 6.41. The van der Waals surface area contributed by atoms with E-state index in [1.165, 1.54) is 19.3 Å². The van der Waals surface area contributed by atoms with Crippen LogP contribution in [0.25, 0.3) is 0 Å². The van der Waals surface area contributed by atoms with Gasteiger partial charge in [-0.05, 0) is 37.5 Å². The summed E-state index contributed by atoms with van der Waals surface area (Å²) in [4.78, 5) is 12.5. The normalized spacial score (nSPS) is 10.7. The third kappa shape index (κ3) is 4.34. The number of hydrogen-bond acceptors (Lipinski definition) is 2. The monoisotopic (exact) mass is 340 g/mol. The molecule has 3 heteroatoms. The second-order valence-corrected chi connectivity index (χ2v) is 6.15. The standard InChI is InChI=1S/C17H25BrO2/c1-5-6-7-8-9-10-15(19)16-13(3)14(18)11-12(2)17(16)20-4/h11H,5-10H2,1-4H3. The highest BCUT2D eigenvalue weighted by molar-refractivity contribution is 9.10. The molecule has 0 aliphatic rings. The van der Waals surface area contributed by atoms with Gasteiger partial charge in [-0.1, -0.05) is 48.5 Å². The van der Waals surface area contributed by atoms with E-state index >= 15 is 0 Å². The van der Waals surface area contributed by atoms with E-state index in [9.17, 15) is 4.79 Å². The van der Waals surface area contributed by atoms with Crippen LogP contribution in [0, 0.1) is 13.8 Å². The third-order valence-corrected chi connectivity index (χ3v) is 4.48. The van der Waals surface area contributed by atoms with Crippen LogP contribution in [0.3, 0.4) is 0 Å². The molecular formula is C17H25BrO2. The molecule has 0 saturated heterocycles. The van der Waals surface area contributed by atoms with E-state index in [0.717, 1.165) is 39.8 Å². The Kier molecular flexibility index (Phi) is 7.28. The Bertz CT molecular complexity index is 467. The number of aryl methyl sites for hydroxylation is 1. The lowest BCUT2D eigenvalue weighted by Gasteiger charge is -2.15. The SMILES string of the molecule is CCCCCCCC(=O)c1c(C)c(Br)cc(C)c1OC. The van der Waals surface area contributed by atoms with Crippen molar-refractivity contribution in [2.45, 2.75) is 59.3 Å². The van der Waals surface area contributed by atoms with Gasteiger partial charge in [0.2, 0.25) is 0 Å². The molecule has 0 bridgehead atoms. The van der Waals surface area contributed by atoms with Crippen LogP contribution in [-0.4, -0.2) is 12.9 Å². The Labute approximate surface area is 131 Å². The molecule has 0 amide bonds. The van der Waals surface area contributed by atoms with Crippen molar-refractivity contribution in [3.8, 4) is 5.75 Å². The minimum Gasteiger partial charge on any atom is -0.496 e. The highest BCUT2D eigenvalue weighted by Gasteiger charge is 2.19. The van der Waals surface area contributed by atoms with Crippen LogP contribution >= 0.6 is 15.9 Å². The van der Waals surface area contributed by atoms with Crippen molar-refractivity contribution in [3.05, 3.63) is 27.2 Å². The molecule has 1 rings (SSSR count). The Morgan fingerprint density at radius 1 is 1.20 bits per heavy atom. The molecular weight excluding hydrogens is 316 g/mol. The van der Waals surface area contributed by atoms with E-state index in [0.29, 0.717) is 6.42 Å². The summed E-state index contributed by atoms with van der Waals surface area (Å²) in [5.41, 5.74) is 2.72. The number of ketones is 1. The lowest BCUT2D eigenvalue weighted by molar-refractivity contribution is 0.0975. The van der Waals surface area contributed by atoms with E-state index < -0.39 is 0 Å². The largest absolute Gasteiger partial charge is 0.496 e. The number of benzene rings is 1. The topological polar surface area (TPSA) is 26.3 Å². The molecule has 2 nitrogen and oxygen atoms in total. The number of halogens is 1. The first kappa shape index (κ1) is 17.2. The van der Waals surface area contributed by atoms with Crippen LogP contribution in [-0.2, 0) is 0 Å². The first-order chi connectivity index (χ1) is 9.52. The summed E-state index contributed by atoms with van der Waals surface area (Å²) in [6.45, 7) is 6.14. The first-order valence-corrected chi connectivity index (χ1v) is 8.19. The van der Waals surface area contributed by atoms with Gasteiger partial charge in [0.25, 0.3) is 0 Å². The molecule has 20 heavy (non-hydrogen) atoms. The zero-order valence-corrected chi connectivity index (χ0v) is 14.6. The molecule has 1 aromatic carbocycles. The number of carbonyl (C=O) groups is 1. The summed E-state index contributed by atoms with van der Waals surface area (Å²) in [7, 11) is 1.63. The number of carbonyl (C=O) groups excluding carboxylic acids is 1. The highest BCUT2D eigenvalue weighted by atomic mass is 79.9. The molecule has 0 radical (unpaired) electrons. The van der Waals surface area contributed by atoms with E-state index in [4.69, 9.17) is 4.74 Å². The van der Waals surface area contributed by atoms with Crippen LogP contribution in [0.15, 0.2) is 10.5 Å². The highest BCUT2D eigenvalue weighted by Crippen LogP contribution is 2.33. The van der Waals surface area contributed by atoms with Gasteiger partial charge in [-0.2, -0.15) is 0 Å². The maximum absolute atomic E-state index is 12.5. The Hall–Kier alpha value is -0.830. The quantitative estimate of drug-likeness (QED) is 0.453. The second kappa shape index (κ2) is 8.46. The lowest BCUT2D eigenvalue weighted by Crippen LogP contribution is -2.07. The Morgan fingerprint density at radius 2 is 1.85 bits per heavy atom. The maximum atomic E-state index is 12.5. The fourth-order valence-electron chi connectivity index (χ4n) is 2.46. The van der Waals surface area contributed by atoms with Crippen molar-refractivity contribution in [2.24, 2.45) is 0 Å². The molecule has 0 unspecified atom stereocenters. The van der Waals surface area contributed by atoms with Crippen molar-refractivity contribution in [1.82, 2.24) is 0 Å². The number of rotatable bonds is 8. The number of hydrogen-bond donors (Lipinski definition) is 0.